The largest absolute Gasteiger partial charge is 0.462 e. The number of Topliss-reactive ketones (excluding diaryl/α,β-unsaturated/α-hetero) is 1. The molecule has 0 aromatic rings. The molecule has 5 fully saturated rings. The zero-order valence-electron chi connectivity index (χ0n) is 18.5. The minimum Gasteiger partial charge on any atom is -0.462 e. The highest BCUT2D eigenvalue weighted by molar-refractivity contribution is 5.89. The van der Waals surface area contributed by atoms with E-state index in [0.29, 0.717) is 25.2 Å². The molecule has 4 aliphatic carbocycles. The third-order valence-corrected chi connectivity index (χ3v) is 10.2. The summed E-state index contributed by atoms with van der Waals surface area (Å²) in [6.07, 6.45) is 4.38. The summed E-state index contributed by atoms with van der Waals surface area (Å²) >= 11 is 0. The van der Waals surface area contributed by atoms with E-state index in [2.05, 4.69) is 13.8 Å². The third kappa shape index (κ3) is 2.43. The number of ketones is 1. The standard InChI is InChI=1S/C24H34O6/c1-12-20-18(30-21(12)27)10-17-15-9-19(26)24(28)11-14(29-13(2)25)5-8-23(24,4)16(15)6-7-22(17,20)3/h12,14-18,20,28H,5-11H2,1-4H3/t12?,14-,15+,16-,17-,18?,20?,22-,23+,24-/m0/s1. The molecule has 0 spiro atoms. The van der Waals surface area contributed by atoms with E-state index in [1.165, 1.54) is 6.92 Å². The van der Waals surface area contributed by atoms with Crippen LogP contribution >= 0.6 is 0 Å². The van der Waals surface area contributed by atoms with Gasteiger partial charge in [-0.05, 0) is 55.3 Å². The number of carbonyl (C=O) groups excluding carboxylic acids is 3. The zero-order valence-corrected chi connectivity index (χ0v) is 18.5. The highest BCUT2D eigenvalue weighted by atomic mass is 16.6. The maximum absolute atomic E-state index is 13.4. The van der Waals surface area contributed by atoms with Gasteiger partial charge >= 0.3 is 11.9 Å². The summed E-state index contributed by atoms with van der Waals surface area (Å²) in [5.41, 5.74) is -1.90. The Bertz CT molecular complexity index is 808. The molecule has 0 bridgehead atoms. The Kier molecular flexibility index (Phi) is 4.30. The first-order chi connectivity index (χ1) is 14.0. The second kappa shape index (κ2) is 6.30. The van der Waals surface area contributed by atoms with Crippen LogP contribution in [0.3, 0.4) is 0 Å². The molecular weight excluding hydrogens is 384 g/mol. The zero-order chi connectivity index (χ0) is 21.6. The van der Waals surface area contributed by atoms with E-state index in [0.717, 1.165) is 19.3 Å². The van der Waals surface area contributed by atoms with Crippen LogP contribution in [-0.2, 0) is 23.9 Å². The van der Waals surface area contributed by atoms with Crippen LogP contribution in [0, 0.1) is 40.4 Å². The van der Waals surface area contributed by atoms with E-state index in [1.807, 2.05) is 6.92 Å². The Labute approximate surface area is 178 Å². The molecule has 1 N–H and O–H groups in total. The van der Waals surface area contributed by atoms with Crippen LogP contribution in [0.1, 0.15) is 72.6 Å². The summed E-state index contributed by atoms with van der Waals surface area (Å²) in [6, 6.07) is 0. The van der Waals surface area contributed by atoms with E-state index in [1.54, 1.807) is 0 Å². The molecule has 5 rings (SSSR count). The highest BCUT2D eigenvalue weighted by Gasteiger charge is 2.70. The monoisotopic (exact) mass is 418 g/mol. The van der Waals surface area contributed by atoms with Crippen molar-refractivity contribution in [1.29, 1.82) is 0 Å². The number of hydrogen-bond donors (Lipinski definition) is 1. The van der Waals surface area contributed by atoms with Gasteiger partial charge in [0.1, 0.15) is 17.8 Å². The topological polar surface area (TPSA) is 89.9 Å². The van der Waals surface area contributed by atoms with Crippen LogP contribution in [0.2, 0.25) is 0 Å². The maximum atomic E-state index is 13.4. The van der Waals surface area contributed by atoms with Crippen LogP contribution in [0.5, 0.6) is 0 Å². The second-order valence-corrected chi connectivity index (χ2v) is 11.3. The van der Waals surface area contributed by atoms with Crippen molar-refractivity contribution in [2.75, 3.05) is 0 Å². The predicted molar refractivity (Wildman–Crippen MR) is 107 cm³/mol. The Morgan fingerprint density at radius 3 is 2.60 bits per heavy atom. The van der Waals surface area contributed by atoms with Gasteiger partial charge in [0.05, 0.1) is 5.92 Å². The Morgan fingerprint density at radius 1 is 1.17 bits per heavy atom. The van der Waals surface area contributed by atoms with Crippen molar-refractivity contribution >= 4 is 17.7 Å². The first kappa shape index (κ1) is 20.5. The lowest BCUT2D eigenvalue weighted by atomic mass is 9.42. The minimum atomic E-state index is -1.42. The van der Waals surface area contributed by atoms with Crippen molar-refractivity contribution < 1.29 is 29.0 Å². The van der Waals surface area contributed by atoms with Gasteiger partial charge in [0.15, 0.2) is 5.78 Å². The van der Waals surface area contributed by atoms with Crippen molar-refractivity contribution in [3.05, 3.63) is 0 Å². The maximum Gasteiger partial charge on any atom is 0.309 e. The van der Waals surface area contributed by atoms with Gasteiger partial charge in [0.25, 0.3) is 0 Å². The molecule has 6 nitrogen and oxygen atoms in total. The van der Waals surface area contributed by atoms with Crippen molar-refractivity contribution in [2.24, 2.45) is 40.4 Å². The van der Waals surface area contributed by atoms with Gasteiger partial charge in [-0.1, -0.05) is 20.8 Å². The van der Waals surface area contributed by atoms with Gasteiger partial charge in [-0.2, -0.15) is 0 Å². The average molecular weight is 419 g/mol. The molecule has 3 unspecified atom stereocenters. The van der Waals surface area contributed by atoms with E-state index in [9.17, 15) is 19.5 Å². The molecule has 0 radical (unpaired) electrons. The lowest BCUT2D eigenvalue weighted by molar-refractivity contribution is -0.217. The SMILES string of the molecule is CC(=O)O[C@H]1CC[C@]2(C)[C@H]3CC[C@]4(C)C5C(C[C@H]4[C@@H]3CC(=O)[C@@]2(O)C1)OC(=O)C5C. The van der Waals surface area contributed by atoms with Gasteiger partial charge in [0, 0.05) is 31.1 Å². The predicted octanol–water partition coefficient (Wildman–Crippen LogP) is 3.04. The first-order valence-corrected chi connectivity index (χ1v) is 11.6. The molecule has 1 heterocycles. The molecule has 1 saturated heterocycles. The van der Waals surface area contributed by atoms with E-state index >= 15 is 0 Å². The molecule has 1 aliphatic heterocycles. The molecule has 0 aromatic heterocycles. The van der Waals surface area contributed by atoms with Gasteiger partial charge < -0.3 is 14.6 Å². The normalized spacial score (nSPS) is 54.5. The van der Waals surface area contributed by atoms with E-state index in [4.69, 9.17) is 9.47 Å². The average Bonchev–Trinajstić information content (AvgIpc) is 3.11. The quantitative estimate of drug-likeness (QED) is 0.659. The fraction of sp³-hybridized carbons (Fsp3) is 0.875. The van der Waals surface area contributed by atoms with E-state index in [-0.39, 0.29) is 65.4 Å². The summed E-state index contributed by atoms with van der Waals surface area (Å²) < 4.78 is 11.1. The van der Waals surface area contributed by atoms with Crippen LogP contribution < -0.4 is 0 Å². The lowest BCUT2D eigenvalue weighted by Crippen LogP contribution is -2.67. The number of hydrogen-bond acceptors (Lipinski definition) is 6. The first-order valence-electron chi connectivity index (χ1n) is 11.6. The summed E-state index contributed by atoms with van der Waals surface area (Å²) in [5, 5.41) is 11.7. The summed E-state index contributed by atoms with van der Waals surface area (Å²) in [6.45, 7) is 7.77. The fourth-order valence-electron chi connectivity index (χ4n) is 8.78. The summed E-state index contributed by atoms with van der Waals surface area (Å²) in [4.78, 5) is 37.1. The third-order valence-electron chi connectivity index (χ3n) is 10.2. The molecule has 5 aliphatic rings. The highest BCUT2D eigenvalue weighted by Crippen LogP contribution is 2.69. The summed E-state index contributed by atoms with van der Waals surface area (Å²) in [5.74, 6) is 0.476. The molecule has 0 aromatic carbocycles. The molecule has 30 heavy (non-hydrogen) atoms. The van der Waals surface area contributed by atoms with Gasteiger partial charge in [0.2, 0.25) is 0 Å². The van der Waals surface area contributed by atoms with Gasteiger partial charge in [-0.25, -0.2) is 0 Å². The lowest BCUT2D eigenvalue weighted by Gasteiger charge is -2.63. The number of rotatable bonds is 1. The summed E-state index contributed by atoms with van der Waals surface area (Å²) in [7, 11) is 0. The van der Waals surface area contributed by atoms with Crippen molar-refractivity contribution in [1.82, 2.24) is 0 Å². The number of esters is 2. The van der Waals surface area contributed by atoms with E-state index < -0.39 is 11.0 Å². The smallest absolute Gasteiger partial charge is 0.309 e. The Hall–Kier alpha value is -1.43. The Balaban J connectivity index is 1.46. The fourth-order valence-corrected chi connectivity index (χ4v) is 8.78. The molecule has 0 amide bonds. The number of carbonyl (C=O) groups is 3. The second-order valence-electron chi connectivity index (χ2n) is 11.3. The van der Waals surface area contributed by atoms with Crippen LogP contribution in [0.15, 0.2) is 0 Å². The molecule has 10 atom stereocenters. The van der Waals surface area contributed by atoms with Gasteiger partial charge in [-0.15, -0.1) is 0 Å². The van der Waals surface area contributed by atoms with Crippen molar-refractivity contribution in [3.8, 4) is 0 Å². The molecule has 4 saturated carbocycles. The van der Waals surface area contributed by atoms with Gasteiger partial charge in [-0.3, -0.25) is 14.4 Å². The van der Waals surface area contributed by atoms with Crippen LogP contribution in [0.25, 0.3) is 0 Å². The minimum absolute atomic E-state index is 0.0123. The molecule has 6 heteroatoms. The Morgan fingerprint density at radius 2 is 1.90 bits per heavy atom. The van der Waals surface area contributed by atoms with Crippen LogP contribution in [0.4, 0.5) is 0 Å². The van der Waals surface area contributed by atoms with Crippen molar-refractivity contribution in [3.63, 3.8) is 0 Å². The molecule has 166 valence electrons. The number of ether oxygens (including phenoxy) is 2. The molecular formula is C24H34O6. The van der Waals surface area contributed by atoms with Crippen LogP contribution in [-0.4, -0.2) is 40.6 Å². The van der Waals surface area contributed by atoms with Crippen molar-refractivity contribution in [2.45, 2.75) is 90.4 Å². The number of fused-ring (bicyclic) bond motifs is 7. The number of aliphatic hydroxyl groups is 1.